The third-order valence-corrected chi connectivity index (χ3v) is 4.63. The standard InChI is InChI=1S/C9H8INS/c1-5-9(10)8-6(11)3-2-4-7(8)12-5/h2-4H,11H2,1H3. The molecule has 0 atom stereocenters. The molecule has 0 saturated carbocycles. The van der Waals surface area contributed by atoms with Gasteiger partial charge in [0.15, 0.2) is 0 Å². The van der Waals surface area contributed by atoms with E-state index in [-0.39, 0.29) is 0 Å². The molecule has 0 aliphatic rings. The molecule has 0 bridgehead atoms. The lowest BCUT2D eigenvalue weighted by molar-refractivity contribution is 1.60. The van der Waals surface area contributed by atoms with Crippen LogP contribution in [0.2, 0.25) is 0 Å². The molecular formula is C9H8INS. The number of hydrogen-bond acceptors (Lipinski definition) is 2. The number of halogens is 1. The second-order valence-corrected chi connectivity index (χ2v) is 5.03. The lowest BCUT2D eigenvalue weighted by Crippen LogP contribution is -1.84. The molecule has 62 valence electrons. The number of nitrogens with two attached hydrogens (primary N) is 1. The first kappa shape index (κ1) is 8.31. The molecule has 0 unspecified atom stereocenters. The zero-order valence-electron chi connectivity index (χ0n) is 6.60. The summed E-state index contributed by atoms with van der Waals surface area (Å²) >= 11 is 4.16. The van der Waals surface area contributed by atoms with Crippen molar-refractivity contribution in [3.8, 4) is 0 Å². The Morgan fingerprint density at radius 2 is 2.17 bits per heavy atom. The molecule has 1 heterocycles. The minimum Gasteiger partial charge on any atom is -0.398 e. The summed E-state index contributed by atoms with van der Waals surface area (Å²) in [5.74, 6) is 0. The van der Waals surface area contributed by atoms with Crippen LogP contribution < -0.4 is 5.73 Å². The Balaban J connectivity index is 2.97. The normalized spacial score (nSPS) is 10.8. The van der Waals surface area contributed by atoms with Gasteiger partial charge in [-0.25, -0.2) is 0 Å². The van der Waals surface area contributed by atoms with E-state index in [0.29, 0.717) is 0 Å². The van der Waals surface area contributed by atoms with Crippen LogP contribution in [0.4, 0.5) is 5.69 Å². The number of rotatable bonds is 0. The summed E-state index contributed by atoms with van der Waals surface area (Å²) in [7, 11) is 0. The van der Waals surface area contributed by atoms with E-state index in [1.807, 2.05) is 12.1 Å². The van der Waals surface area contributed by atoms with E-state index in [9.17, 15) is 0 Å². The van der Waals surface area contributed by atoms with Gasteiger partial charge in [0.05, 0.1) is 0 Å². The van der Waals surface area contributed by atoms with Gasteiger partial charge in [-0.15, -0.1) is 11.3 Å². The third kappa shape index (κ3) is 1.11. The van der Waals surface area contributed by atoms with Crippen molar-refractivity contribution in [3.63, 3.8) is 0 Å². The number of fused-ring (bicyclic) bond motifs is 1. The molecule has 0 radical (unpaired) electrons. The molecule has 0 aliphatic carbocycles. The molecule has 0 aliphatic heterocycles. The highest BCUT2D eigenvalue weighted by Crippen LogP contribution is 2.35. The fraction of sp³-hybridized carbons (Fsp3) is 0.111. The molecule has 1 nitrogen and oxygen atoms in total. The van der Waals surface area contributed by atoms with Crippen LogP contribution >= 0.6 is 33.9 Å². The van der Waals surface area contributed by atoms with E-state index in [2.05, 4.69) is 35.6 Å². The van der Waals surface area contributed by atoms with Crippen LogP contribution in [0.25, 0.3) is 10.1 Å². The molecule has 2 rings (SSSR count). The van der Waals surface area contributed by atoms with Gasteiger partial charge in [0.2, 0.25) is 0 Å². The maximum Gasteiger partial charge on any atom is 0.0413 e. The van der Waals surface area contributed by atoms with E-state index in [1.54, 1.807) is 11.3 Å². The number of aryl methyl sites for hydroxylation is 1. The minimum atomic E-state index is 0.890. The summed E-state index contributed by atoms with van der Waals surface area (Å²) in [5, 5.41) is 1.22. The van der Waals surface area contributed by atoms with E-state index in [0.717, 1.165) is 5.69 Å². The van der Waals surface area contributed by atoms with Crippen LogP contribution in [0.3, 0.4) is 0 Å². The Bertz CT molecular complexity index is 433. The molecule has 0 fully saturated rings. The van der Waals surface area contributed by atoms with Crippen LogP contribution in [0.1, 0.15) is 4.88 Å². The van der Waals surface area contributed by atoms with Gasteiger partial charge >= 0.3 is 0 Å². The molecule has 1 aromatic heterocycles. The van der Waals surface area contributed by atoms with Gasteiger partial charge in [-0.3, -0.25) is 0 Å². The van der Waals surface area contributed by atoms with Crippen molar-refractivity contribution in [2.24, 2.45) is 0 Å². The average Bonchev–Trinajstić information content (AvgIpc) is 2.29. The molecule has 12 heavy (non-hydrogen) atoms. The summed E-state index contributed by atoms with van der Waals surface area (Å²) in [6.45, 7) is 2.13. The fourth-order valence-electron chi connectivity index (χ4n) is 1.25. The van der Waals surface area contributed by atoms with Crippen LogP contribution in [-0.2, 0) is 0 Å². The predicted octanol–water partition coefficient (Wildman–Crippen LogP) is 3.40. The van der Waals surface area contributed by atoms with Gasteiger partial charge in [-0.05, 0) is 41.6 Å². The molecule has 0 spiro atoms. The highest BCUT2D eigenvalue weighted by molar-refractivity contribution is 14.1. The molecular weight excluding hydrogens is 281 g/mol. The Morgan fingerprint density at radius 1 is 1.42 bits per heavy atom. The first-order valence-corrected chi connectivity index (χ1v) is 5.53. The number of hydrogen-bond donors (Lipinski definition) is 1. The van der Waals surface area contributed by atoms with Crippen molar-refractivity contribution in [3.05, 3.63) is 26.6 Å². The summed E-state index contributed by atoms with van der Waals surface area (Å²) in [4.78, 5) is 1.35. The highest BCUT2D eigenvalue weighted by Gasteiger charge is 2.07. The maximum absolute atomic E-state index is 5.87. The van der Waals surface area contributed by atoms with Gasteiger partial charge in [0.25, 0.3) is 0 Å². The van der Waals surface area contributed by atoms with E-state index in [4.69, 9.17) is 5.73 Å². The number of thiophene rings is 1. The Morgan fingerprint density at radius 3 is 2.83 bits per heavy atom. The van der Waals surface area contributed by atoms with Gasteiger partial charge in [0, 0.05) is 24.2 Å². The maximum atomic E-state index is 5.87. The zero-order valence-corrected chi connectivity index (χ0v) is 9.57. The summed E-state index contributed by atoms with van der Waals surface area (Å²) in [6, 6.07) is 6.08. The lowest BCUT2D eigenvalue weighted by Gasteiger charge is -1.95. The number of nitrogen functional groups attached to an aromatic ring is 1. The average molecular weight is 289 g/mol. The summed E-state index contributed by atoms with van der Waals surface area (Å²) in [6.07, 6.45) is 0. The quantitative estimate of drug-likeness (QED) is 0.584. The van der Waals surface area contributed by atoms with Gasteiger partial charge in [0.1, 0.15) is 0 Å². The van der Waals surface area contributed by atoms with Crippen molar-refractivity contribution in [2.75, 3.05) is 5.73 Å². The molecule has 0 amide bonds. The summed E-state index contributed by atoms with van der Waals surface area (Å²) in [5.41, 5.74) is 6.76. The number of anilines is 1. The van der Waals surface area contributed by atoms with E-state index in [1.165, 1.54) is 18.5 Å². The molecule has 1 aromatic carbocycles. The van der Waals surface area contributed by atoms with Crippen molar-refractivity contribution < 1.29 is 0 Å². The van der Waals surface area contributed by atoms with Crippen molar-refractivity contribution >= 4 is 49.7 Å². The SMILES string of the molecule is Cc1sc2cccc(N)c2c1I. The van der Waals surface area contributed by atoms with Crippen molar-refractivity contribution in [1.82, 2.24) is 0 Å². The summed E-state index contributed by atoms with van der Waals surface area (Å²) < 4.78 is 2.59. The zero-order chi connectivity index (χ0) is 8.72. The highest BCUT2D eigenvalue weighted by atomic mass is 127. The Labute approximate surface area is 88.7 Å². The van der Waals surface area contributed by atoms with Crippen LogP contribution in [0.5, 0.6) is 0 Å². The molecule has 2 aromatic rings. The van der Waals surface area contributed by atoms with E-state index < -0.39 is 0 Å². The topological polar surface area (TPSA) is 26.0 Å². The van der Waals surface area contributed by atoms with E-state index >= 15 is 0 Å². The van der Waals surface area contributed by atoms with Crippen LogP contribution in [0, 0.1) is 10.5 Å². The third-order valence-electron chi connectivity index (χ3n) is 1.85. The first-order chi connectivity index (χ1) is 5.70. The van der Waals surface area contributed by atoms with Crippen molar-refractivity contribution in [1.29, 1.82) is 0 Å². The second kappa shape index (κ2) is 2.88. The smallest absolute Gasteiger partial charge is 0.0413 e. The molecule has 2 N–H and O–H groups in total. The largest absolute Gasteiger partial charge is 0.398 e. The van der Waals surface area contributed by atoms with Gasteiger partial charge in [-0.1, -0.05) is 6.07 Å². The minimum absolute atomic E-state index is 0.890. The Hall–Kier alpha value is -0.290. The predicted molar refractivity (Wildman–Crippen MR) is 63.7 cm³/mol. The fourth-order valence-corrected chi connectivity index (χ4v) is 3.36. The van der Waals surface area contributed by atoms with Crippen LogP contribution in [-0.4, -0.2) is 0 Å². The van der Waals surface area contributed by atoms with Gasteiger partial charge in [-0.2, -0.15) is 0 Å². The second-order valence-electron chi connectivity index (χ2n) is 2.69. The van der Waals surface area contributed by atoms with Crippen molar-refractivity contribution in [2.45, 2.75) is 6.92 Å². The molecule has 0 saturated heterocycles. The number of benzene rings is 1. The van der Waals surface area contributed by atoms with Crippen LogP contribution in [0.15, 0.2) is 18.2 Å². The molecule has 3 heteroatoms. The first-order valence-electron chi connectivity index (χ1n) is 3.63. The Kier molecular flexibility index (Phi) is 2.00. The lowest BCUT2D eigenvalue weighted by atomic mass is 10.2. The monoisotopic (exact) mass is 289 g/mol. The van der Waals surface area contributed by atoms with Gasteiger partial charge < -0.3 is 5.73 Å².